The van der Waals surface area contributed by atoms with Crippen LogP contribution in [0.25, 0.3) is 0 Å². The Morgan fingerprint density at radius 3 is 2.79 bits per heavy atom. The van der Waals surface area contributed by atoms with Crippen molar-refractivity contribution < 1.29 is 13.2 Å². The summed E-state index contributed by atoms with van der Waals surface area (Å²) < 4.78 is 27.6. The minimum atomic E-state index is -3.58. The van der Waals surface area contributed by atoms with Gasteiger partial charge >= 0.3 is 0 Å². The SMILES string of the molecule is CC(=O)N1CCc2ccc(S(=O)(=O)NCC3=CCNCC3)cc21.Cl. The summed E-state index contributed by atoms with van der Waals surface area (Å²) in [5.41, 5.74) is 2.82. The highest BCUT2D eigenvalue weighted by Crippen LogP contribution is 2.30. The van der Waals surface area contributed by atoms with Crippen molar-refractivity contribution in [2.24, 2.45) is 0 Å². The number of nitrogens with one attached hydrogen (secondary N) is 2. The maximum atomic E-state index is 12.5. The zero-order chi connectivity index (χ0) is 16.4. The maximum absolute atomic E-state index is 12.5. The number of hydrogen-bond acceptors (Lipinski definition) is 4. The third kappa shape index (κ3) is 3.97. The Morgan fingerprint density at radius 1 is 1.33 bits per heavy atom. The standard InChI is InChI=1S/C16H21N3O3S.ClH/c1-12(20)19-9-6-14-2-3-15(10-16(14)19)23(21,22)18-11-13-4-7-17-8-5-13;/h2-4,10,17-18H,5-9,11H2,1H3;1H. The van der Waals surface area contributed by atoms with E-state index in [0.717, 1.165) is 37.1 Å². The van der Waals surface area contributed by atoms with Crippen molar-refractivity contribution in [2.75, 3.05) is 31.1 Å². The molecule has 2 aliphatic rings. The lowest BCUT2D eigenvalue weighted by molar-refractivity contribution is -0.116. The van der Waals surface area contributed by atoms with Crippen molar-refractivity contribution in [1.82, 2.24) is 10.0 Å². The zero-order valence-electron chi connectivity index (χ0n) is 13.5. The fourth-order valence-corrected chi connectivity index (χ4v) is 4.01. The van der Waals surface area contributed by atoms with Crippen LogP contribution in [0.5, 0.6) is 0 Å². The van der Waals surface area contributed by atoms with Crippen LogP contribution in [0, 0.1) is 0 Å². The first kappa shape index (κ1) is 18.9. The number of rotatable bonds is 4. The van der Waals surface area contributed by atoms with Crippen LogP contribution in [0.1, 0.15) is 18.9 Å². The fraction of sp³-hybridized carbons (Fsp3) is 0.438. The van der Waals surface area contributed by atoms with Gasteiger partial charge in [-0.05, 0) is 37.1 Å². The van der Waals surface area contributed by atoms with Gasteiger partial charge in [0.2, 0.25) is 15.9 Å². The first-order valence-electron chi connectivity index (χ1n) is 7.77. The van der Waals surface area contributed by atoms with Crippen LogP contribution < -0.4 is 14.9 Å². The number of amides is 1. The summed E-state index contributed by atoms with van der Waals surface area (Å²) in [4.78, 5) is 13.5. The molecular weight excluding hydrogens is 350 g/mol. The van der Waals surface area contributed by atoms with E-state index >= 15 is 0 Å². The molecular formula is C16H22ClN3O3S. The number of halogens is 1. The predicted molar refractivity (Wildman–Crippen MR) is 96.2 cm³/mol. The second kappa shape index (κ2) is 7.65. The minimum Gasteiger partial charge on any atom is -0.313 e. The second-order valence-corrected chi connectivity index (χ2v) is 7.62. The lowest BCUT2D eigenvalue weighted by Gasteiger charge is -2.17. The molecule has 132 valence electrons. The second-order valence-electron chi connectivity index (χ2n) is 5.85. The highest BCUT2D eigenvalue weighted by molar-refractivity contribution is 7.89. The van der Waals surface area contributed by atoms with Gasteiger partial charge in [-0.15, -0.1) is 12.4 Å². The van der Waals surface area contributed by atoms with Gasteiger partial charge in [0, 0.05) is 32.2 Å². The van der Waals surface area contributed by atoms with Gasteiger partial charge in [-0.3, -0.25) is 4.79 Å². The Bertz CT molecular complexity index is 762. The van der Waals surface area contributed by atoms with Crippen LogP contribution in [0.4, 0.5) is 5.69 Å². The third-order valence-electron chi connectivity index (χ3n) is 4.29. The molecule has 0 fully saturated rings. The predicted octanol–water partition coefficient (Wildman–Crippen LogP) is 1.22. The molecule has 1 aromatic rings. The highest BCUT2D eigenvalue weighted by Gasteiger charge is 2.25. The number of nitrogens with zero attached hydrogens (tertiary/aromatic N) is 1. The maximum Gasteiger partial charge on any atom is 0.240 e. The quantitative estimate of drug-likeness (QED) is 0.780. The van der Waals surface area contributed by atoms with E-state index in [1.807, 2.05) is 6.08 Å². The summed E-state index contributed by atoms with van der Waals surface area (Å²) in [5, 5.41) is 3.20. The number of fused-ring (bicyclic) bond motifs is 1. The van der Waals surface area contributed by atoms with Crippen molar-refractivity contribution >= 4 is 34.0 Å². The van der Waals surface area contributed by atoms with E-state index in [9.17, 15) is 13.2 Å². The van der Waals surface area contributed by atoms with Gasteiger partial charge in [-0.25, -0.2) is 13.1 Å². The summed E-state index contributed by atoms with van der Waals surface area (Å²) in [5.74, 6) is -0.0638. The van der Waals surface area contributed by atoms with E-state index in [1.54, 1.807) is 23.1 Å². The van der Waals surface area contributed by atoms with Gasteiger partial charge < -0.3 is 10.2 Å². The van der Waals surface area contributed by atoms with Crippen molar-refractivity contribution in [1.29, 1.82) is 0 Å². The molecule has 0 saturated heterocycles. The molecule has 0 unspecified atom stereocenters. The number of carbonyl (C=O) groups excluding carboxylic acids is 1. The third-order valence-corrected chi connectivity index (χ3v) is 5.69. The number of anilines is 1. The molecule has 0 atom stereocenters. The molecule has 24 heavy (non-hydrogen) atoms. The Morgan fingerprint density at radius 2 is 2.12 bits per heavy atom. The Hall–Kier alpha value is -1.41. The number of sulfonamides is 1. The van der Waals surface area contributed by atoms with Crippen molar-refractivity contribution in [3.05, 3.63) is 35.4 Å². The minimum absolute atomic E-state index is 0. The molecule has 2 N–H and O–H groups in total. The molecule has 1 amide bonds. The average Bonchev–Trinajstić information content (AvgIpc) is 2.97. The largest absolute Gasteiger partial charge is 0.313 e. The van der Waals surface area contributed by atoms with Crippen LogP contribution in [0.2, 0.25) is 0 Å². The molecule has 0 aromatic heterocycles. The van der Waals surface area contributed by atoms with Gasteiger partial charge in [0.25, 0.3) is 0 Å². The zero-order valence-corrected chi connectivity index (χ0v) is 15.2. The first-order chi connectivity index (χ1) is 11.0. The molecule has 2 aliphatic heterocycles. The van der Waals surface area contributed by atoms with Crippen molar-refractivity contribution in [3.8, 4) is 0 Å². The molecule has 3 rings (SSSR count). The van der Waals surface area contributed by atoms with Crippen LogP contribution in [-0.4, -0.2) is 40.5 Å². The molecule has 6 nitrogen and oxygen atoms in total. The molecule has 0 aliphatic carbocycles. The van der Waals surface area contributed by atoms with Gasteiger partial charge in [-0.1, -0.05) is 17.7 Å². The summed E-state index contributed by atoms with van der Waals surface area (Å²) in [6.45, 7) is 4.10. The molecule has 0 radical (unpaired) electrons. The Labute approximate surface area is 148 Å². The molecule has 0 bridgehead atoms. The molecule has 1 aromatic carbocycles. The van der Waals surface area contributed by atoms with E-state index in [1.165, 1.54) is 6.92 Å². The summed E-state index contributed by atoms with van der Waals surface area (Å²) >= 11 is 0. The van der Waals surface area contributed by atoms with Crippen molar-refractivity contribution in [2.45, 2.75) is 24.7 Å². The lowest BCUT2D eigenvalue weighted by Crippen LogP contribution is -2.30. The Balaban J connectivity index is 0.00000208. The number of hydrogen-bond donors (Lipinski definition) is 2. The molecule has 0 saturated carbocycles. The topological polar surface area (TPSA) is 78.5 Å². The van der Waals surface area contributed by atoms with E-state index < -0.39 is 10.0 Å². The van der Waals surface area contributed by atoms with Gasteiger partial charge in [-0.2, -0.15) is 0 Å². The molecule has 2 heterocycles. The normalized spacial score (nSPS) is 17.0. The first-order valence-corrected chi connectivity index (χ1v) is 9.25. The number of benzene rings is 1. The summed E-state index contributed by atoms with van der Waals surface area (Å²) in [6, 6.07) is 5.01. The van der Waals surface area contributed by atoms with Gasteiger partial charge in [0.1, 0.15) is 0 Å². The van der Waals surface area contributed by atoms with Crippen molar-refractivity contribution in [3.63, 3.8) is 0 Å². The van der Waals surface area contributed by atoms with Crippen LogP contribution in [0.15, 0.2) is 34.7 Å². The van der Waals surface area contributed by atoms with Gasteiger partial charge in [0.15, 0.2) is 0 Å². The fourth-order valence-electron chi connectivity index (χ4n) is 2.95. The average molecular weight is 372 g/mol. The molecule has 8 heteroatoms. The van der Waals surface area contributed by atoms with E-state index in [2.05, 4.69) is 10.0 Å². The summed E-state index contributed by atoms with van der Waals surface area (Å²) in [6.07, 6.45) is 3.64. The van der Waals surface area contributed by atoms with E-state index in [-0.39, 0.29) is 23.2 Å². The lowest BCUT2D eigenvalue weighted by atomic mass is 10.1. The number of carbonyl (C=O) groups is 1. The van der Waals surface area contributed by atoms with E-state index in [0.29, 0.717) is 18.8 Å². The van der Waals surface area contributed by atoms with Crippen LogP contribution >= 0.6 is 12.4 Å². The van der Waals surface area contributed by atoms with E-state index in [4.69, 9.17) is 0 Å². The van der Waals surface area contributed by atoms with Crippen LogP contribution in [0.3, 0.4) is 0 Å². The smallest absolute Gasteiger partial charge is 0.240 e. The Kier molecular flexibility index (Phi) is 6.03. The molecule has 0 spiro atoms. The van der Waals surface area contributed by atoms with Gasteiger partial charge in [0.05, 0.1) is 4.90 Å². The summed E-state index contributed by atoms with van der Waals surface area (Å²) in [7, 11) is -3.58. The highest BCUT2D eigenvalue weighted by atomic mass is 35.5. The van der Waals surface area contributed by atoms with Crippen LogP contribution in [-0.2, 0) is 21.2 Å². The monoisotopic (exact) mass is 371 g/mol.